The first-order valence-electron chi connectivity index (χ1n) is 6.03. The van der Waals surface area contributed by atoms with Crippen LogP contribution in [0.3, 0.4) is 0 Å². The molecule has 1 amide bonds. The van der Waals surface area contributed by atoms with Crippen molar-refractivity contribution in [1.29, 1.82) is 0 Å². The molecule has 0 aliphatic heterocycles. The maximum absolute atomic E-state index is 11.5. The topological polar surface area (TPSA) is 68.5 Å². The Kier molecular flexibility index (Phi) is 5.95. The number of thioether (sulfide) groups is 1. The van der Waals surface area contributed by atoms with Crippen molar-refractivity contribution in [2.45, 2.75) is 32.1 Å². The van der Waals surface area contributed by atoms with Gasteiger partial charge in [-0.3, -0.25) is 4.79 Å². The van der Waals surface area contributed by atoms with Gasteiger partial charge >= 0.3 is 5.97 Å². The number of rotatable bonds is 6. The second kappa shape index (κ2) is 7.23. The Bertz CT molecular complexity index is 442. The van der Waals surface area contributed by atoms with E-state index in [2.05, 4.69) is 10.1 Å². The fourth-order valence-corrected chi connectivity index (χ4v) is 2.20. The summed E-state index contributed by atoms with van der Waals surface area (Å²) in [6.45, 7) is 5.76. The summed E-state index contributed by atoms with van der Waals surface area (Å²) in [6.07, 6.45) is 0. The minimum absolute atomic E-state index is 0.00341. The maximum Gasteiger partial charge on any atom is 0.373 e. The summed E-state index contributed by atoms with van der Waals surface area (Å²) in [5, 5.41) is 2.81. The predicted molar refractivity (Wildman–Crippen MR) is 74.2 cm³/mol. The Morgan fingerprint density at radius 1 is 1.37 bits per heavy atom. The lowest BCUT2D eigenvalue weighted by Crippen LogP contribution is -2.31. The summed E-state index contributed by atoms with van der Waals surface area (Å²) in [6, 6.07) is 3.44. The first kappa shape index (κ1) is 15.6. The van der Waals surface area contributed by atoms with Crippen molar-refractivity contribution in [3.05, 3.63) is 23.7 Å². The van der Waals surface area contributed by atoms with Crippen molar-refractivity contribution in [3.8, 4) is 0 Å². The van der Waals surface area contributed by atoms with Gasteiger partial charge in [-0.2, -0.15) is 0 Å². The molecule has 1 N–H and O–H groups in total. The molecule has 1 aromatic rings. The molecule has 1 heterocycles. The van der Waals surface area contributed by atoms with Crippen molar-refractivity contribution in [2.75, 3.05) is 12.9 Å². The van der Waals surface area contributed by atoms with Crippen LogP contribution in [0.2, 0.25) is 0 Å². The number of hydrogen-bond donors (Lipinski definition) is 1. The lowest BCUT2D eigenvalue weighted by atomic mass is 10.3. The minimum atomic E-state index is -0.499. The van der Waals surface area contributed by atoms with Gasteiger partial charge in [0.25, 0.3) is 0 Å². The van der Waals surface area contributed by atoms with Gasteiger partial charge in [0.1, 0.15) is 5.76 Å². The van der Waals surface area contributed by atoms with E-state index < -0.39 is 5.97 Å². The van der Waals surface area contributed by atoms with Gasteiger partial charge in [0.05, 0.1) is 18.1 Å². The smallest absolute Gasteiger partial charge is 0.373 e. The SMILES string of the molecule is COC(=O)c1ccc(C(C)SCC(=O)NC(C)C)o1. The van der Waals surface area contributed by atoms with E-state index in [1.807, 2.05) is 20.8 Å². The van der Waals surface area contributed by atoms with Crippen molar-refractivity contribution in [1.82, 2.24) is 5.32 Å². The van der Waals surface area contributed by atoms with Crippen LogP contribution in [0.15, 0.2) is 16.5 Å². The summed E-state index contributed by atoms with van der Waals surface area (Å²) < 4.78 is 9.95. The van der Waals surface area contributed by atoms with E-state index in [0.29, 0.717) is 11.5 Å². The fraction of sp³-hybridized carbons (Fsp3) is 0.538. The lowest BCUT2D eigenvalue weighted by Gasteiger charge is -2.10. The first-order chi connectivity index (χ1) is 8.93. The Morgan fingerprint density at radius 3 is 2.63 bits per heavy atom. The fourth-order valence-electron chi connectivity index (χ4n) is 1.43. The second-order valence-corrected chi connectivity index (χ2v) is 5.70. The zero-order valence-electron chi connectivity index (χ0n) is 11.6. The van der Waals surface area contributed by atoms with Gasteiger partial charge in [0, 0.05) is 6.04 Å². The normalized spacial score (nSPS) is 12.3. The highest BCUT2D eigenvalue weighted by Gasteiger charge is 2.16. The van der Waals surface area contributed by atoms with E-state index in [0.717, 1.165) is 0 Å². The highest BCUT2D eigenvalue weighted by Crippen LogP contribution is 2.29. The Balaban J connectivity index is 2.49. The van der Waals surface area contributed by atoms with Gasteiger partial charge in [-0.25, -0.2) is 4.79 Å². The van der Waals surface area contributed by atoms with Gasteiger partial charge in [0.15, 0.2) is 0 Å². The highest BCUT2D eigenvalue weighted by atomic mass is 32.2. The molecule has 1 aromatic heterocycles. The molecule has 0 saturated carbocycles. The molecule has 5 nitrogen and oxygen atoms in total. The second-order valence-electron chi connectivity index (χ2n) is 4.37. The molecule has 0 bridgehead atoms. The first-order valence-corrected chi connectivity index (χ1v) is 7.08. The molecule has 0 aromatic carbocycles. The molecule has 106 valence electrons. The van der Waals surface area contributed by atoms with Crippen molar-refractivity contribution >= 4 is 23.6 Å². The molecule has 0 saturated heterocycles. The average Bonchev–Trinajstić information content (AvgIpc) is 2.83. The molecule has 0 radical (unpaired) electrons. The van der Waals surface area contributed by atoms with Crippen molar-refractivity contribution in [3.63, 3.8) is 0 Å². The highest BCUT2D eigenvalue weighted by molar-refractivity contribution is 8.00. The van der Waals surface area contributed by atoms with Crippen LogP contribution in [-0.4, -0.2) is 30.8 Å². The van der Waals surface area contributed by atoms with Gasteiger partial charge in [-0.1, -0.05) is 0 Å². The van der Waals surface area contributed by atoms with E-state index in [-0.39, 0.29) is 23.0 Å². The van der Waals surface area contributed by atoms with Crippen LogP contribution >= 0.6 is 11.8 Å². The van der Waals surface area contributed by atoms with Gasteiger partial charge in [-0.05, 0) is 32.9 Å². The quantitative estimate of drug-likeness (QED) is 0.813. The standard InChI is InChI=1S/C13H19NO4S/c1-8(2)14-12(15)7-19-9(3)10-5-6-11(18-10)13(16)17-4/h5-6,8-9H,7H2,1-4H3,(H,14,15). The zero-order valence-corrected chi connectivity index (χ0v) is 12.4. The number of ether oxygens (including phenoxy) is 1. The van der Waals surface area contributed by atoms with E-state index in [4.69, 9.17) is 4.42 Å². The Morgan fingerprint density at radius 2 is 2.05 bits per heavy atom. The molecule has 1 rings (SSSR count). The third-order valence-corrected chi connectivity index (χ3v) is 3.49. The molecule has 19 heavy (non-hydrogen) atoms. The molecule has 6 heteroatoms. The third kappa shape index (κ3) is 4.98. The van der Waals surface area contributed by atoms with Crippen LogP contribution in [0.1, 0.15) is 42.3 Å². The van der Waals surface area contributed by atoms with Crippen LogP contribution in [-0.2, 0) is 9.53 Å². The van der Waals surface area contributed by atoms with Crippen molar-refractivity contribution < 1.29 is 18.7 Å². The van der Waals surface area contributed by atoms with Crippen LogP contribution in [0.5, 0.6) is 0 Å². The summed E-state index contributed by atoms with van der Waals surface area (Å²) in [5.41, 5.74) is 0. The largest absolute Gasteiger partial charge is 0.463 e. The summed E-state index contributed by atoms with van der Waals surface area (Å²) in [7, 11) is 1.30. The number of nitrogens with one attached hydrogen (secondary N) is 1. The number of esters is 1. The van der Waals surface area contributed by atoms with E-state index >= 15 is 0 Å². The molecular formula is C13H19NO4S. The zero-order chi connectivity index (χ0) is 14.4. The molecular weight excluding hydrogens is 266 g/mol. The number of carbonyl (C=O) groups is 2. The predicted octanol–water partition coefficient (Wildman–Crippen LogP) is 2.39. The summed E-state index contributed by atoms with van der Waals surface area (Å²) in [4.78, 5) is 22.8. The number of carbonyl (C=O) groups excluding carboxylic acids is 2. The average molecular weight is 285 g/mol. The summed E-state index contributed by atoms with van der Waals surface area (Å²) >= 11 is 1.45. The number of methoxy groups -OCH3 is 1. The lowest BCUT2D eigenvalue weighted by molar-refractivity contribution is -0.119. The Labute approximate surface area is 117 Å². The number of furan rings is 1. The monoisotopic (exact) mass is 285 g/mol. The maximum atomic E-state index is 11.5. The van der Waals surface area contributed by atoms with Crippen LogP contribution < -0.4 is 5.32 Å². The number of amides is 1. The third-order valence-electron chi connectivity index (χ3n) is 2.33. The van der Waals surface area contributed by atoms with Crippen LogP contribution in [0, 0.1) is 0 Å². The van der Waals surface area contributed by atoms with E-state index in [1.165, 1.54) is 18.9 Å². The van der Waals surface area contributed by atoms with Gasteiger partial charge in [0.2, 0.25) is 11.7 Å². The molecule has 0 fully saturated rings. The molecule has 0 aliphatic carbocycles. The molecule has 0 spiro atoms. The van der Waals surface area contributed by atoms with Crippen LogP contribution in [0.25, 0.3) is 0 Å². The van der Waals surface area contributed by atoms with Gasteiger partial charge in [-0.15, -0.1) is 11.8 Å². The molecule has 0 aliphatic rings. The number of hydrogen-bond acceptors (Lipinski definition) is 5. The Hall–Kier alpha value is -1.43. The van der Waals surface area contributed by atoms with Crippen LogP contribution in [0.4, 0.5) is 0 Å². The van der Waals surface area contributed by atoms with E-state index in [1.54, 1.807) is 12.1 Å². The minimum Gasteiger partial charge on any atom is -0.463 e. The van der Waals surface area contributed by atoms with Crippen molar-refractivity contribution in [2.24, 2.45) is 0 Å². The van der Waals surface area contributed by atoms with E-state index in [9.17, 15) is 9.59 Å². The molecule has 1 unspecified atom stereocenters. The summed E-state index contributed by atoms with van der Waals surface area (Å²) in [5.74, 6) is 0.681. The molecule has 1 atom stereocenters. The van der Waals surface area contributed by atoms with Gasteiger partial charge < -0.3 is 14.5 Å².